The van der Waals surface area contributed by atoms with Gasteiger partial charge in [-0.3, -0.25) is 0 Å². The molecule has 0 radical (unpaired) electrons. The van der Waals surface area contributed by atoms with E-state index in [1.54, 1.807) is 0 Å². The second-order valence-corrected chi connectivity index (χ2v) is 7.07. The van der Waals surface area contributed by atoms with Crippen LogP contribution in [0.1, 0.15) is 43.2 Å². The molecule has 1 nitrogen and oxygen atoms in total. The molecule has 3 fully saturated rings. The topological polar surface area (TPSA) is 12.0 Å². The molecule has 1 aromatic carbocycles. The van der Waals surface area contributed by atoms with Crippen molar-refractivity contribution in [1.29, 1.82) is 0 Å². The molecule has 1 N–H and O–H groups in total. The Hall–Kier alpha value is -0.820. The van der Waals surface area contributed by atoms with Gasteiger partial charge in [-0.25, -0.2) is 0 Å². The molecule has 0 amide bonds. The van der Waals surface area contributed by atoms with Gasteiger partial charge in [0, 0.05) is 12.6 Å². The van der Waals surface area contributed by atoms with E-state index < -0.39 is 0 Å². The van der Waals surface area contributed by atoms with Crippen LogP contribution >= 0.6 is 0 Å². The summed E-state index contributed by atoms with van der Waals surface area (Å²) in [6.07, 6.45) is 7.55. The third kappa shape index (κ3) is 1.94. The molecule has 1 heteroatoms. The summed E-state index contributed by atoms with van der Waals surface area (Å²) in [6.45, 7) is 3.29. The minimum atomic E-state index is 0.809. The van der Waals surface area contributed by atoms with Crippen molar-refractivity contribution < 1.29 is 0 Å². The molecule has 0 saturated heterocycles. The van der Waals surface area contributed by atoms with E-state index in [0.717, 1.165) is 36.3 Å². The van der Waals surface area contributed by atoms with Crippen LogP contribution in [0.4, 0.5) is 0 Å². The van der Waals surface area contributed by atoms with Crippen molar-refractivity contribution in [2.24, 2.45) is 23.7 Å². The van der Waals surface area contributed by atoms with Gasteiger partial charge >= 0.3 is 0 Å². The zero-order valence-electron chi connectivity index (χ0n) is 11.9. The number of hydrogen-bond donors (Lipinski definition) is 1. The van der Waals surface area contributed by atoms with Crippen LogP contribution in [-0.2, 0) is 6.54 Å². The smallest absolute Gasteiger partial charge is 0.0210 e. The summed E-state index contributed by atoms with van der Waals surface area (Å²) in [6, 6.07) is 9.61. The van der Waals surface area contributed by atoms with Gasteiger partial charge in [0.25, 0.3) is 0 Å². The summed E-state index contributed by atoms with van der Waals surface area (Å²) in [5, 5.41) is 3.88. The summed E-state index contributed by atoms with van der Waals surface area (Å²) in [5.74, 6) is 4.25. The van der Waals surface area contributed by atoms with Gasteiger partial charge in [-0.05, 0) is 67.4 Å². The minimum Gasteiger partial charge on any atom is -0.310 e. The highest BCUT2D eigenvalue weighted by Crippen LogP contribution is 2.58. The predicted molar refractivity (Wildman–Crippen MR) is 78.9 cm³/mol. The van der Waals surface area contributed by atoms with Gasteiger partial charge in [-0.15, -0.1) is 0 Å². The lowest BCUT2D eigenvalue weighted by Crippen LogP contribution is -2.39. The van der Waals surface area contributed by atoms with Crippen LogP contribution in [0.15, 0.2) is 24.3 Å². The van der Waals surface area contributed by atoms with Gasteiger partial charge < -0.3 is 5.32 Å². The number of hydrogen-bond acceptors (Lipinski definition) is 1. The molecule has 102 valence electrons. The molecule has 4 rings (SSSR count). The fraction of sp³-hybridized carbons (Fsp3) is 0.667. The molecular weight excluding hydrogens is 230 g/mol. The van der Waals surface area contributed by atoms with Crippen molar-refractivity contribution in [1.82, 2.24) is 5.32 Å². The highest BCUT2D eigenvalue weighted by molar-refractivity contribution is 5.25. The summed E-state index contributed by atoms with van der Waals surface area (Å²) >= 11 is 0. The van der Waals surface area contributed by atoms with Crippen LogP contribution in [0.5, 0.6) is 0 Å². The van der Waals surface area contributed by atoms with E-state index >= 15 is 0 Å². The SMILES string of the molecule is Cc1ccccc1CNC1CC2CC1C1CCCC21. The van der Waals surface area contributed by atoms with E-state index in [0.29, 0.717) is 0 Å². The maximum absolute atomic E-state index is 3.88. The molecule has 0 spiro atoms. The van der Waals surface area contributed by atoms with Crippen LogP contribution in [0, 0.1) is 30.6 Å². The minimum absolute atomic E-state index is 0.809. The third-order valence-corrected chi connectivity index (χ3v) is 6.24. The quantitative estimate of drug-likeness (QED) is 0.863. The Morgan fingerprint density at radius 2 is 1.89 bits per heavy atom. The van der Waals surface area contributed by atoms with Crippen LogP contribution in [0.3, 0.4) is 0 Å². The van der Waals surface area contributed by atoms with E-state index in [9.17, 15) is 0 Å². The average molecular weight is 255 g/mol. The van der Waals surface area contributed by atoms with Crippen molar-refractivity contribution >= 4 is 0 Å². The number of nitrogens with one attached hydrogen (secondary N) is 1. The fourth-order valence-electron chi connectivity index (χ4n) is 5.35. The van der Waals surface area contributed by atoms with Crippen LogP contribution in [-0.4, -0.2) is 6.04 Å². The average Bonchev–Trinajstić information content (AvgIpc) is 3.10. The lowest BCUT2D eigenvalue weighted by Gasteiger charge is -2.32. The number of rotatable bonds is 3. The molecule has 19 heavy (non-hydrogen) atoms. The van der Waals surface area contributed by atoms with Gasteiger partial charge in [0.05, 0.1) is 0 Å². The number of fused-ring (bicyclic) bond motifs is 5. The first kappa shape index (κ1) is 12.0. The Balaban J connectivity index is 1.41. The van der Waals surface area contributed by atoms with Crippen molar-refractivity contribution in [2.75, 3.05) is 0 Å². The van der Waals surface area contributed by atoms with Gasteiger partial charge in [-0.2, -0.15) is 0 Å². The van der Waals surface area contributed by atoms with Crippen molar-refractivity contribution in [3.05, 3.63) is 35.4 Å². The molecule has 0 aromatic heterocycles. The van der Waals surface area contributed by atoms with E-state index in [4.69, 9.17) is 0 Å². The van der Waals surface area contributed by atoms with Gasteiger partial charge in [0.15, 0.2) is 0 Å². The number of aryl methyl sites for hydroxylation is 1. The third-order valence-electron chi connectivity index (χ3n) is 6.24. The van der Waals surface area contributed by atoms with Crippen LogP contribution in [0.2, 0.25) is 0 Å². The van der Waals surface area contributed by atoms with Crippen LogP contribution < -0.4 is 5.32 Å². The Morgan fingerprint density at radius 1 is 1.05 bits per heavy atom. The predicted octanol–water partition coefficient (Wildman–Crippen LogP) is 3.91. The second-order valence-electron chi connectivity index (χ2n) is 7.07. The number of benzene rings is 1. The summed E-state index contributed by atoms with van der Waals surface area (Å²) in [4.78, 5) is 0. The first-order chi connectivity index (χ1) is 9.33. The summed E-state index contributed by atoms with van der Waals surface area (Å²) in [7, 11) is 0. The van der Waals surface area contributed by atoms with Crippen molar-refractivity contribution in [2.45, 2.75) is 51.6 Å². The Morgan fingerprint density at radius 3 is 2.79 bits per heavy atom. The maximum atomic E-state index is 3.88. The molecule has 3 aliphatic carbocycles. The molecule has 3 saturated carbocycles. The highest BCUT2D eigenvalue weighted by Gasteiger charge is 2.53. The van der Waals surface area contributed by atoms with Gasteiger partial charge in [0.2, 0.25) is 0 Å². The first-order valence-corrected chi connectivity index (χ1v) is 8.11. The molecule has 0 heterocycles. The van der Waals surface area contributed by atoms with Crippen molar-refractivity contribution in [3.63, 3.8) is 0 Å². The standard InChI is InChI=1S/C18H25N/c1-12-5-2-3-6-13(12)11-19-18-10-14-9-17(18)16-8-4-7-15(14)16/h2-3,5-6,14-19H,4,7-11H2,1H3. The molecule has 5 atom stereocenters. The van der Waals surface area contributed by atoms with E-state index in [1.165, 1.54) is 43.2 Å². The zero-order valence-corrected chi connectivity index (χ0v) is 11.9. The highest BCUT2D eigenvalue weighted by atomic mass is 14.9. The molecular formula is C18H25N. The lowest BCUT2D eigenvalue weighted by atomic mass is 9.79. The lowest BCUT2D eigenvalue weighted by molar-refractivity contribution is 0.208. The fourth-order valence-corrected chi connectivity index (χ4v) is 5.35. The van der Waals surface area contributed by atoms with Gasteiger partial charge in [0.1, 0.15) is 0 Å². The molecule has 1 aromatic rings. The largest absolute Gasteiger partial charge is 0.310 e. The van der Waals surface area contributed by atoms with E-state index in [2.05, 4.69) is 36.5 Å². The maximum Gasteiger partial charge on any atom is 0.0210 e. The molecule has 0 aliphatic heterocycles. The van der Waals surface area contributed by atoms with Crippen LogP contribution in [0.25, 0.3) is 0 Å². The Bertz CT molecular complexity index is 467. The monoisotopic (exact) mass is 255 g/mol. The summed E-state index contributed by atoms with van der Waals surface area (Å²) in [5.41, 5.74) is 2.91. The van der Waals surface area contributed by atoms with Gasteiger partial charge in [-0.1, -0.05) is 30.7 Å². The second kappa shape index (κ2) is 4.63. The Kier molecular flexibility index (Phi) is 2.91. The zero-order chi connectivity index (χ0) is 12.8. The normalized spacial score (nSPS) is 39.7. The van der Waals surface area contributed by atoms with E-state index in [1.807, 2.05) is 0 Å². The first-order valence-electron chi connectivity index (χ1n) is 8.11. The summed E-state index contributed by atoms with van der Waals surface area (Å²) < 4.78 is 0. The molecule has 2 bridgehead atoms. The Labute approximate surface area is 116 Å². The van der Waals surface area contributed by atoms with Crippen molar-refractivity contribution in [3.8, 4) is 0 Å². The molecule has 3 aliphatic rings. The van der Waals surface area contributed by atoms with E-state index in [-0.39, 0.29) is 0 Å². The molecule has 5 unspecified atom stereocenters.